The molecule has 1 saturated carbocycles. The molecule has 166 valence electrons. The molecule has 2 heterocycles. The molecule has 1 aromatic heterocycles. The fourth-order valence-corrected chi connectivity index (χ4v) is 4.96. The molecule has 2 amide bonds. The van der Waals surface area contributed by atoms with Gasteiger partial charge in [0.05, 0.1) is 11.8 Å². The molecule has 1 spiro atoms. The fourth-order valence-electron chi connectivity index (χ4n) is 4.96. The van der Waals surface area contributed by atoms with Crippen molar-refractivity contribution in [3.05, 3.63) is 29.8 Å². The summed E-state index contributed by atoms with van der Waals surface area (Å²) in [5, 5.41) is 3.01. The van der Waals surface area contributed by atoms with E-state index in [1.54, 1.807) is 4.90 Å². The van der Waals surface area contributed by atoms with E-state index in [1.807, 2.05) is 0 Å². The lowest BCUT2D eigenvalue weighted by molar-refractivity contribution is -0.125. The number of rotatable bonds is 3. The van der Waals surface area contributed by atoms with Crippen molar-refractivity contribution in [2.24, 2.45) is 5.92 Å². The highest BCUT2D eigenvalue weighted by atomic mass is 19.1. The molecule has 1 N–H and O–H groups in total. The van der Waals surface area contributed by atoms with Crippen LogP contribution in [0.5, 0.6) is 0 Å². The van der Waals surface area contributed by atoms with E-state index in [9.17, 15) is 14.0 Å². The van der Waals surface area contributed by atoms with E-state index >= 15 is 0 Å². The molecule has 7 heteroatoms. The van der Waals surface area contributed by atoms with Gasteiger partial charge in [0.1, 0.15) is 0 Å². The van der Waals surface area contributed by atoms with Crippen molar-refractivity contribution in [3.63, 3.8) is 0 Å². The third-order valence-electron chi connectivity index (χ3n) is 6.38. The second-order valence-electron chi connectivity index (χ2n) is 9.15. The van der Waals surface area contributed by atoms with E-state index in [-0.39, 0.29) is 22.9 Å². The lowest BCUT2D eigenvalue weighted by Crippen LogP contribution is -2.54. The normalized spacial score (nSPS) is 21.3. The highest BCUT2D eigenvalue weighted by molar-refractivity contribution is 5.94. The molecule has 0 unspecified atom stereocenters. The number of aromatic nitrogens is 1. The van der Waals surface area contributed by atoms with Gasteiger partial charge in [0.2, 0.25) is 5.91 Å². The van der Waals surface area contributed by atoms with Crippen LogP contribution in [0.15, 0.2) is 18.5 Å². The molecular weight excluding hydrogens is 383 g/mol. The smallest absolute Gasteiger partial charge is 0.257 e. The maximum Gasteiger partial charge on any atom is 0.257 e. The first kappa shape index (κ1) is 22.7. The Morgan fingerprint density at radius 3 is 2.67 bits per heavy atom. The molecule has 3 rings (SSSR count). The van der Waals surface area contributed by atoms with Gasteiger partial charge in [0, 0.05) is 50.9 Å². The standard InChI is InChI=1S/C23H35FN4O2/c1-18(2)17-28-13-6-12-27(22(30)19-7-10-25-16-20(19)24)14-11-26-21(29)15-23(28)8-4-3-5-9-23/h7,10,16,18H,3-6,8-9,11-15,17H2,1-2H3,(H,26,29). The van der Waals surface area contributed by atoms with Gasteiger partial charge in [-0.2, -0.15) is 0 Å². The Kier molecular flexibility index (Phi) is 7.81. The van der Waals surface area contributed by atoms with Crippen molar-refractivity contribution in [1.29, 1.82) is 0 Å². The van der Waals surface area contributed by atoms with Crippen LogP contribution >= 0.6 is 0 Å². The summed E-state index contributed by atoms with van der Waals surface area (Å²) >= 11 is 0. The average molecular weight is 419 g/mol. The second kappa shape index (κ2) is 10.3. The zero-order chi connectivity index (χ0) is 21.6. The van der Waals surface area contributed by atoms with Gasteiger partial charge in [0.25, 0.3) is 5.91 Å². The summed E-state index contributed by atoms with van der Waals surface area (Å²) in [5.74, 6) is -0.398. The summed E-state index contributed by atoms with van der Waals surface area (Å²) in [4.78, 5) is 33.6. The third kappa shape index (κ3) is 5.56. The van der Waals surface area contributed by atoms with Gasteiger partial charge in [-0.05, 0) is 31.2 Å². The summed E-state index contributed by atoms with van der Waals surface area (Å²) in [5.41, 5.74) is -0.0443. The van der Waals surface area contributed by atoms with Crippen molar-refractivity contribution in [2.45, 2.75) is 64.3 Å². The molecule has 0 aromatic carbocycles. The predicted octanol–water partition coefficient (Wildman–Crippen LogP) is 3.23. The molecule has 0 radical (unpaired) electrons. The van der Waals surface area contributed by atoms with Crippen LogP contribution < -0.4 is 5.32 Å². The van der Waals surface area contributed by atoms with Crippen LogP contribution in [0, 0.1) is 11.7 Å². The maximum atomic E-state index is 14.1. The molecule has 0 atom stereocenters. The van der Waals surface area contributed by atoms with Crippen molar-refractivity contribution in [2.75, 3.05) is 32.7 Å². The summed E-state index contributed by atoms with van der Waals surface area (Å²) in [6.45, 7) is 7.52. The minimum Gasteiger partial charge on any atom is -0.354 e. The van der Waals surface area contributed by atoms with Gasteiger partial charge >= 0.3 is 0 Å². The van der Waals surface area contributed by atoms with E-state index in [0.717, 1.165) is 51.4 Å². The number of hydrogen-bond acceptors (Lipinski definition) is 4. The number of nitrogens with zero attached hydrogens (tertiary/aromatic N) is 3. The SMILES string of the molecule is CC(C)CN1CCCN(C(=O)c2ccncc2F)CCNC(=O)CC12CCCCC2. The summed E-state index contributed by atoms with van der Waals surface area (Å²) in [6, 6.07) is 1.42. The molecule has 6 nitrogen and oxygen atoms in total. The van der Waals surface area contributed by atoms with Crippen molar-refractivity contribution >= 4 is 11.8 Å². The second-order valence-corrected chi connectivity index (χ2v) is 9.15. The summed E-state index contributed by atoms with van der Waals surface area (Å²) in [6.07, 6.45) is 9.49. The Labute approximate surface area is 179 Å². The van der Waals surface area contributed by atoms with E-state index < -0.39 is 5.82 Å². The van der Waals surface area contributed by atoms with E-state index in [0.29, 0.717) is 32.0 Å². The molecule has 0 bridgehead atoms. The van der Waals surface area contributed by atoms with Gasteiger partial charge in [0.15, 0.2) is 5.82 Å². The largest absolute Gasteiger partial charge is 0.354 e. The van der Waals surface area contributed by atoms with Crippen LogP contribution in [0.1, 0.15) is 69.2 Å². The van der Waals surface area contributed by atoms with Gasteiger partial charge in [-0.25, -0.2) is 4.39 Å². The van der Waals surface area contributed by atoms with Crippen LogP contribution in [0.3, 0.4) is 0 Å². The first-order valence-electron chi connectivity index (χ1n) is 11.3. The lowest BCUT2D eigenvalue weighted by atomic mass is 9.77. The third-order valence-corrected chi connectivity index (χ3v) is 6.38. The monoisotopic (exact) mass is 418 g/mol. The Morgan fingerprint density at radius 2 is 1.97 bits per heavy atom. The van der Waals surface area contributed by atoms with Crippen LogP contribution in [0.2, 0.25) is 0 Å². The number of nitrogens with one attached hydrogen (secondary N) is 1. The van der Waals surface area contributed by atoms with Gasteiger partial charge < -0.3 is 10.2 Å². The Bertz CT molecular complexity index is 734. The summed E-state index contributed by atoms with van der Waals surface area (Å²) < 4.78 is 14.1. The maximum absolute atomic E-state index is 14.1. The Hall–Kier alpha value is -2.02. The van der Waals surface area contributed by atoms with Crippen LogP contribution in [-0.2, 0) is 4.79 Å². The minimum absolute atomic E-state index is 0.0361. The molecule has 2 aliphatic rings. The van der Waals surface area contributed by atoms with Gasteiger partial charge in [-0.3, -0.25) is 19.5 Å². The Balaban J connectivity index is 1.79. The molecule has 1 aliphatic carbocycles. The van der Waals surface area contributed by atoms with E-state index in [4.69, 9.17) is 0 Å². The molecule has 30 heavy (non-hydrogen) atoms. The molecule has 1 aliphatic heterocycles. The van der Waals surface area contributed by atoms with Crippen molar-refractivity contribution in [3.8, 4) is 0 Å². The number of pyridine rings is 1. The van der Waals surface area contributed by atoms with Crippen LogP contribution in [0.25, 0.3) is 0 Å². The van der Waals surface area contributed by atoms with Gasteiger partial charge in [-0.15, -0.1) is 0 Å². The predicted molar refractivity (Wildman–Crippen MR) is 115 cm³/mol. The number of amides is 2. The first-order valence-corrected chi connectivity index (χ1v) is 11.3. The zero-order valence-corrected chi connectivity index (χ0v) is 18.3. The van der Waals surface area contributed by atoms with Crippen molar-refractivity contribution in [1.82, 2.24) is 20.1 Å². The highest BCUT2D eigenvalue weighted by Crippen LogP contribution is 2.37. The molecule has 2 fully saturated rings. The van der Waals surface area contributed by atoms with Crippen molar-refractivity contribution < 1.29 is 14.0 Å². The van der Waals surface area contributed by atoms with E-state index in [2.05, 4.69) is 29.0 Å². The molecular formula is C23H35FN4O2. The van der Waals surface area contributed by atoms with E-state index in [1.165, 1.54) is 18.7 Å². The topological polar surface area (TPSA) is 65.5 Å². The lowest BCUT2D eigenvalue weighted by Gasteiger charge is -2.47. The number of carbonyl (C=O) groups excluding carboxylic acids is 2. The average Bonchev–Trinajstić information content (AvgIpc) is 2.74. The number of halogens is 1. The number of hydrogen-bond donors (Lipinski definition) is 1. The number of carbonyl (C=O) groups is 2. The molecule has 1 saturated heterocycles. The first-order chi connectivity index (χ1) is 14.4. The summed E-state index contributed by atoms with van der Waals surface area (Å²) in [7, 11) is 0. The highest BCUT2D eigenvalue weighted by Gasteiger charge is 2.40. The minimum atomic E-state index is -0.608. The van der Waals surface area contributed by atoms with Crippen LogP contribution in [-0.4, -0.2) is 64.9 Å². The zero-order valence-electron chi connectivity index (χ0n) is 18.3. The fraction of sp³-hybridized carbons (Fsp3) is 0.696. The molecule has 1 aromatic rings. The quantitative estimate of drug-likeness (QED) is 0.819. The Morgan fingerprint density at radius 1 is 1.20 bits per heavy atom. The van der Waals surface area contributed by atoms with Gasteiger partial charge in [-0.1, -0.05) is 33.1 Å². The van der Waals surface area contributed by atoms with Crippen LogP contribution in [0.4, 0.5) is 4.39 Å².